The van der Waals surface area contributed by atoms with Crippen LogP contribution < -0.4 is 5.32 Å². The van der Waals surface area contributed by atoms with Crippen LogP contribution in [-0.2, 0) is 4.79 Å². The second-order valence-electron chi connectivity index (χ2n) is 6.50. The Hall–Kier alpha value is -2.35. The highest BCUT2D eigenvalue weighted by Gasteiger charge is 2.21. The lowest BCUT2D eigenvalue weighted by Crippen LogP contribution is -2.21. The lowest BCUT2D eigenvalue weighted by molar-refractivity contribution is -0.113. The number of nitrogens with zero attached hydrogens (tertiary/aromatic N) is 4. The fraction of sp³-hybridized carbons (Fsp3) is 0.250. The summed E-state index contributed by atoms with van der Waals surface area (Å²) in [5, 5.41) is 12.9. The van der Waals surface area contributed by atoms with Crippen LogP contribution in [-0.4, -0.2) is 45.4 Å². The molecule has 1 amide bonds. The van der Waals surface area contributed by atoms with Crippen molar-refractivity contribution >= 4 is 35.0 Å². The largest absolute Gasteiger partial charge is 0.325 e. The molecular weight excluding hydrogens is 394 g/mol. The second kappa shape index (κ2) is 9.23. The van der Waals surface area contributed by atoms with Crippen LogP contribution in [0.2, 0.25) is 5.02 Å². The summed E-state index contributed by atoms with van der Waals surface area (Å²) in [7, 11) is 3.98. The number of amides is 1. The van der Waals surface area contributed by atoms with E-state index in [1.165, 1.54) is 11.8 Å². The number of halogens is 1. The van der Waals surface area contributed by atoms with E-state index in [2.05, 4.69) is 27.3 Å². The molecule has 1 unspecified atom stereocenters. The third-order valence-corrected chi connectivity index (χ3v) is 5.46. The first-order chi connectivity index (χ1) is 13.5. The van der Waals surface area contributed by atoms with Crippen LogP contribution in [0, 0.1) is 0 Å². The number of hydrogen-bond donors (Lipinski definition) is 1. The monoisotopic (exact) mass is 415 g/mol. The molecule has 1 N–H and O–H groups in total. The van der Waals surface area contributed by atoms with Crippen LogP contribution in [0.1, 0.15) is 18.8 Å². The van der Waals surface area contributed by atoms with Gasteiger partial charge in [0.15, 0.2) is 11.0 Å². The van der Waals surface area contributed by atoms with Crippen molar-refractivity contribution in [1.82, 2.24) is 19.7 Å². The highest BCUT2D eigenvalue weighted by atomic mass is 35.5. The van der Waals surface area contributed by atoms with Gasteiger partial charge < -0.3 is 5.32 Å². The van der Waals surface area contributed by atoms with E-state index in [1.807, 2.05) is 73.3 Å². The Kier molecular flexibility index (Phi) is 6.72. The summed E-state index contributed by atoms with van der Waals surface area (Å²) in [4.78, 5) is 14.4. The maximum Gasteiger partial charge on any atom is 0.234 e. The van der Waals surface area contributed by atoms with Crippen LogP contribution in [0.25, 0.3) is 5.69 Å². The number of carbonyl (C=O) groups is 1. The van der Waals surface area contributed by atoms with Gasteiger partial charge in [-0.15, -0.1) is 10.2 Å². The molecule has 0 bridgehead atoms. The van der Waals surface area contributed by atoms with Gasteiger partial charge >= 0.3 is 0 Å². The maximum absolute atomic E-state index is 12.3. The van der Waals surface area contributed by atoms with Gasteiger partial charge in [-0.2, -0.15) is 0 Å². The number of benzene rings is 2. The minimum Gasteiger partial charge on any atom is -0.325 e. The average Bonchev–Trinajstić information content (AvgIpc) is 3.11. The molecule has 146 valence electrons. The summed E-state index contributed by atoms with van der Waals surface area (Å²) in [5.74, 6) is 0.944. The number of nitrogens with one attached hydrogen (secondary N) is 1. The molecule has 0 aliphatic rings. The smallest absolute Gasteiger partial charge is 0.234 e. The highest BCUT2D eigenvalue weighted by Crippen LogP contribution is 2.27. The molecule has 0 saturated heterocycles. The molecule has 0 aliphatic heterocycles. The Labute approximate surface area is 173 Å². The van der Waals surface area contributed by atoms with Crippen LogP contribution in [0.4, 0.5) is 5.69 Å². The van der Waals surface area contributed by atoms with Crippen LogP contribution in [0.15, 0.2) is 59.8 Å². The van der Waals surface area contributed by atoms with Gasteiger partial charge in [0, 0.05) is 16.4 Å². The van der Waals surface area contributed by atoms with Gasteiger partial charge in [0.05, 0.1) is 11.8 Å². The molecule has 0 saturated carbocycles. The molecule has 1 heterocycles. The van der Waals surface area contributed by atoms with Crippen LogP contribution in [0.3, 0.4) is 0 Å². The van der Waals surface area contributed by atoms with Crippen molar-refractivity contribution < 1.29 is 4.79 Å². The summed E-state index contributed by atoms with van der Waals surface area (Å²) < 4.78 is 1.97. The molecule has 1 atom stereocenters. The van der Waals surface area contributed by atoms with Crippen LogP contribution in [0.5, 0.6) is 0 Å². The van der Waals surface area contributed by atoms with E-state index in [4.69, 9.17) is 11.6 Å². The van der Waals surface area contributed by atoms with Crippen molar-refractivity contribution in [2.75, 3.05) is 25.2 Å². The van der Waals surface area contributed by atoms with Crippen molar-refractivity contribution in [2.45, 2.75) is 18.1 Å². The van der Waals surface area contributed by atoms with Gasteiger partial charge in [0.2, 0.25) is 5.91 Å². The Morgan fingerprint density at radius 3 is 2.46 bits per heavy atom. The minimum absolute atomic E-state index is 0.0515. The standard InChI is InChI=1S/C20H22ClN5OS/c1-14(25(2)3)19-23-24-20(26(19)17-11-9-15(21)10-12-17)28-13-18(27)22-16-7-5-4-6-8-16/h4-12,14H,13H2,1-3H3,(H,22,27). The first-order valence-electron chi connectivity index (χ1n) is 8.81. The molecule has 0 radical (unpaired) electrons. The van der Waals surface area contributed by atoms with Crippen molar-refractivity contribution in [3.63, 3.8) is 0 Å². The first-order valence-corrected chi connectivity index (χ1v) is 10.2. The van der Waals surface area contributed by atoms with Gasteiger partial charge in [0.1, 0.15) is 0 Å². The van der Waals surface area contributed by atoms with E-state index < -0.39 is 0 Å². The maximum atomic E-state index is 12.3. The van der Waals surface area contributed by atoms with Crippen molar-refractivity contribution in [1.29, 1.82) is 0 Å². The number of para-hydroxylation sites is 1. The molecule has 1 aromatic heterocycles. The molecule has 0 fully saturated rings. The van der Waals surface area contributed by atoms with E-state index in [0.29, 0.717) is 10.2 Å². The zero-order valence-electron chi connectivity index (χ0n) is 16.0. The van der Waals surface area contributed by atoms with Gasteiger partial charge in [-0.1, -0.05) is 41.6 Å². The van der Waals surface area contributed by atoms with Crippen molar-refractivity contribution in [3.8, 4) is 5.69 Å². The number of rotatable bonds is 7. The molecule has 3 rings (SSSR count). The molecule has 8 heteroatoms. The Balaban J connectivity index is 1.82. The molecule has 0 aliphatic carbocycles. The fourth-order valence-electron chi connectivity index (χ4n) is 2.56. The summed E-state index contributed by atoms with van der Waals surface area (Å²) in [5.41, 5.74) is 1.68. The van der Waals surface area contributed by atoms with Gasteiger partial charge in [-0.25, -0.2) is 0 Å². The van der Waals surface area contributed by atoms with Crippen molar-refractivity contribution in [2.24, 2.45) is 0 Å². The summed E-state index contributed by atoms with van der Waals surface area (Å²) in [6.07, 6.45) is 0. The Bertz CT molecular complexity index is 928. The second-order valence-corrected chi connectivity index (χ2v) is 7.87. The predicted octanol–water partition coefficient (Wildman–Crippen LogP) is 4.27. The van der Waals surface area contributed by atoms with Crippen LogP contribution >= 0.6 is 23.4 Å². The third kappa shape index (κ3) is 4.92. The number of aromatic nitrogens is 3. The van der Waals surface area contributed by atoms with E-state index in [-0.39, 0.29) is 17.7 Å². The first kappa shape index (κ1) is 20.4. The number of anilines is 1. The van der Waals surface area contributed by atoms with E-state index in [1.54, 1.807) is 0 Å². The summed E-state index contributed by atoms with van der Waals surface area (Å²) >= 11 is 7.39. The van der Waals surface area contributed by atoms with Gasteiger partial charge in [0.25, 0.3) is 0 Å². The number of carbonyl (C=O) groups excluding carboxylic acids is 1. The number of thioether (sulfide) groups is 1. The molecular formula is C20H22ClN5OS. The lowest BCUT2D eigenvalue weighted by Gasteiger charge is -2.20. The molecule has 6 nitrogen and oxygen atoms in total. The third-order valence-electron chi connectivity index (χ3n) is 4.28. The highest BCUT2D eigenvalue weighted by molar-refractivity contribution is 7.99. The molecule has 2 aromatic carbocycles. The SMILES string of the molecule is CC(c1nnc(SCC(=O)Nc2ccccc2)n1-c1ccc(Cl)cc1)N(C)C. The van der Waals surface area contributed by atoms with E-state index in [9.17, 15) is 4.79 Å². The zero-order chi connectivity index (χ0) is 20.1. The quantitative estimate of drug-likeness (QED) is 0.583. The van der Waals surface area contributed by atoms with E-state index >= 15 is 0 Å². The normalized spacial score (nSPS) is 12.2. The molecule has 28 heavy (non-hydrogen) atoms. The fourth-order valence-corrected chi connectivity index (χ4v) is 3.44. The molecule has 3 aromatic rings. The minimum atomic E-state index is -0.0935. The van der Waals surface area contributed by atoms with Gasteiger partial charge in [-0.3, -0.25) is 14.3 Å². The summed E-state index contributed by atoms with van der Waals surface area (Å²) in [6.45, 7) is 2.06. The predicted molar refractivity (Wildman–Crippen MR) is 114 cm³/mol. The van der Waals surface area contributed by atoms with Gasteiger partial charge in [-0.05, 0) is 57.4 Å². The molecule has 0 spiro atoms. The zero-order valence-corrected chi connectivity index (χ0v) is 17.5. The van der Waals surface area contributed by atoms with E-state index in [0.717, 1.165) is 17.2 Å². The summed E-state index contributed by atoms with van der Waals surface area (Å²) in [6, 6.07) is 16.9. The Morgan fingerprint density at radius 2 is 1.82 bits per heavy atom. The number of hydrogen-bond acceptors (Lipinski definition) is 5. The lowest BCUT2D eigenvalue weighted by atomic mass is 10.2. The average molecular weight is 416 g/mol. The Morgan fingerprint density at radius 1 is 1.14 bits per heavy atom. The topological polar surface area (TPSA) is 63.1 Å². The van der Waals surface area contributed by atoms with Crippen molar-refractivity contribution in [3.05, 3.63) is 65.4 Å².